The first kappa shape index (κ1) is 15.6. The summed E-state index contributed by atoms with van der Waals surface area (Å²) in [4.78, 5) is 12.9. The summed E-state index contributed by atoms with van der Waals surface area (Å²) in [6.07, 6.45) is 3.64. The molecule has 0 saturated carbocycles. The molecule has 3 rings (SSSR count). The number of aromatic nitrogens is 9. The van der Waals surface area contributed by atoms with Crippen molar-refractivity contribution in [1.29, 1.82) is 0 Å². The standard InChI is InChI=1S/C12H18N12/c1-13-10-16-11(14-4-8-6-23(2)21-19-8)18-12(17-10)15-5-9-7-24(3)22-20-9/h6-7H,4-5H2,1-3H3,(H3,13,14,15,16,17,18). The Morgan fingerprint density at radius 3 is 1.62 bits per heavy atom. The Morgan fingerprint density at radius 1 is 0.792 bits per heavy atom. The highest BCUT2D eigenvalue weighted by Gasteiger charge is 2.07. The fraction of sp³-hybridized carbons (Fsp3) is 0.417. The van der Waals surface area contributed by atoms with Gasteiger partial charge in [0.1, 0.15) is 11.4 Å². The minimum Gasteiger partial charge on any atom is -0.357 e. The maximum absolute atomic E-state index is 4.33. The van der Waals surface area contributed by atoms with E-state index in [4.69, 9.17) is 0 Å². The largest absolute Gasteiger partial charge is 0.357 e. The molecule has 0 unspecified atom stereocenters. The lowest BCUT2D eigenvalue weighted by Crippen LogP contribution is -2.11. The van der Waals surface area contributed by atoms with Gasteiger partial charge >= 0.3 is 0 Å². The number of hydrogen-bond acceptors (Lipinski definition) is 10. The van der Waals surface area contributed by atoms with Crippen molar-refractivity contribution in [2.24, 2.45) is 14.1 Å². The molecule has 3 heterocycles. The average molecular weight is 330 g/mol. The van der Waals surface area contributed by atoms with Gasteiger partial charge in [0, 0.05) is 33.5 Å². The highest BCUT2D eigenvalue weighted by molar-refractivity contribution is 5.42. The van der Waals surface area contributed by atoms with Gasteiger partial charge in [-0.2, -0.15) is 15.0 Å². The Bertz CT molecular complexity index is 743. The van der Waals surface area contributed by atoms with Crippen LogP contribution >= 0.6 is 0 Å². The number of nitrogens with zero attached hydrogens (tertiary/aromatic N) is 9. The molecule has 0 amide bonds. The number of hydrogen-bond donors (Lipinski definition) is 3. The molecule has 0 atom stereocenters. The zero-order valence-corrected chi connectivity index (χ0v) is 13.6. The molecule has 12 heteroatoms. The third kappa shape index (κ3) is 3.91. The zero-order valence-electron chi connectivity index (χ0n) is 13.6. The van der Waals surface area contributed by atoms with Crippen LogP contribution in [0.4, 0.5) is 17.8 Å². The minimum atomic E-state index is 0.432. The van der Waals surface area contributed by atoms with Gasteiger partial charge in [-0.25, -0.2) is 0 Å². The second kappa shape index (κ2) is 6.85. The first-order valence-electron chi connectivity index (χ1n) is 7.24. The first-order valence-corrected chi connectivity index (χ1v) is 7.24. The molecule has 3 aromatic heterocycles. The number of aryl methyl sites for hydroxylation is 2. The van der Waals surface area contributed by atoms with Gasteiger partial charge in [-0.1, -0.05) is 10.4 Å². The monoisotopic (exact) mass is 330 g/mol. The molecule has 0 fully saturated rings. The maximum atomic E-state index is 4.33. The van der Waals surface area contributed by atoms with Crippen LogP contribution in [-0.4, -0.2) is 52.0 Å². The van der Waals surface area contributed by atoms with Crippen LogP contribution in [0.1, 0.15) is 11.4 Å². The van der Waals surface area contributed by atoms with Crippen LogP contribution in [-0.2, 0) is 27.2 Å². The molecule has 0 spiro atoms. The van der Waals surface area contributed by atoms with E-state index in [1.165, 1.54) is 0 Å². The van der Waals surface area contributed by atoms with Crippen molar-refractivity contribution in [3.05, 3.63) is 23.8 Å². The molecule has 0 bridgehead atoms. The van der Waals surface area contributed by atoms with Gasteiger partial charge in [0.05, 0.1) is 13.1 Å². The zero-order chi connectivity index (χ0) is 16.9. The van der Waals surface area contributed by atoms with E-state index < -0.39 is 0 Å². The summed E-state index contributed by atoms with van der Waals surface area (Å²) in [6.45, 7) is 0.926. The van der Waals surface area contributed by atoms with Crippen LogP contribution in [0.3, 0.4) is 0 Å². The minimum absolute atomic E-state index is 0.432. The summed E-state index contributed by atoms with van der Waals surface area (Å²) in [5, 5.41) is 24.9. The quantitative estimate of drug-likeness (QED) is 0.515. The molecule has 126 valence electrons. The van der Waals surface area contributed by atoms with E-state index >= 15 is 0 Å². The molecule has 0 saturated heterocycles. The number of anilines is 3. The Balaban J connectivity index is 1.67. The van der Waals surface area contributed by atoms with Gasteiger partial charge < -0.3 is 16.0 Å². The second-order valence-corrected chi connectivity index (χ2v) is 5.03. The van der Waals surface area contributed by atoms with E-state index in [9.17, 15) is 0 Å². The highest BCUT2D eigenvalue weighted by atomic mass is 15.4. The van der Waals surface area contributed by atoms with Crippen molar-refractivity contribution < 1.29 is 0 Å². The Labute approximate surface area is 137 Å². The third-order valence-electron chi connectivity index (χ3n) is 3.01. The molecule has 24 heavy (non-hydrogen) atoms. The second-order valence-electron chi connectivity index (χ2n) is 5.03. The van der Waals surface area contributed by atoms with Crippen LogP contribution in [0.5, 0.6) is 0 Å². The number of nitrogens with one attached hydrogen (secondary N) is 3. The molecule has 0 aromatic carbocycles. The topological polar surface area (TPSA) is 136 Å². The van der Waals surface area contributed by atoms with Gasteiger partial charge in [-0.15, -0.1) is 10.2 Å². The fourth-order valence-corrected chi connectivity index (χ4v) is 1.94. The average Bonchev–Trinajstić information content (AvgIpc) is 3.19. The first-order chi connectivity index (χ1) is 11.6. The Hall–Kier alpha value is -3.31. The van der Waals surface area contributed by atoms with Gasteiger partial charge in [-0.3, -0.25) is 9.36 Å². The molecule has 12 nitrogen and oxygen atoms in total. The normalized spacial score (nSPS) is 10.6. The lowest BCUT2D eigenvalue weighted by atomic mass is 10.5. The van der Waals surface area contributed by atoms with Crippen LogP contribution in [0, 0.1) is 0 Å². The van der Waals surface area contributed by atoms with Crippen molar-refractivity contribution in [2.75, 3.05) is 23.0 Å². The molecular formula is C12H18N12. The summed E-state index contributed by atoms with van der Waals surface area (Å²) in [5.74, 6) is 1.32. The van der Waals surface area contributed by atoms with E-state index in [1.807, 2.05) is 26.5 Å². The highest BCUT2D eigenvalue weighted by Crippen LogP contribution is 2.10. The molecule has 3 aromatic rings. The molecule has 0 radical (unpaired) electrons. The van der Waals surface area contributed by atoms with Gasteiger partial charge in [0.2, 0.25) is 17.8 Å². The van der Waals surface area contributed by atoms with Crippen molar-refractivity contribution in [3.8, 4) is 0 Å². The smallest absolute Gasteiger partial charge is 0.229 e. The predicted octanol–water partition coefficient (Wildman–Crippen LogP) is -0.605. The summed E-state index contributed by atoms with van der Waals surface area (Å²) in [5.41, 5.74) is 1.58. The molecule has 3 N–H and O–H groups in total. The summed E-state index contributed by atoms with van der Waals surface area (Å²) in [6, 6.07) is 0. The summed E-state index contributed by atoms with van der Waals surface area (Å²) >= 11 is 0. The van der Waals surface area contributed by atoms with Crippen molar-refractivity contribution in [2.45, 2.75) is 13.1 Å². The van der Waals surface area contributed by atoms with E-state index in [0.717, 1.165) is 11.4 Å². The molecule has 0 aliphatic carbocycles. The Morgan fingerprint density at radius 2 is 1.25 bits per heavy atom. The third-order valence-corrected chi connectivity index (χ3v) is 3.01. The van der Waals surface area contributed by atoms with Crippen molar-refractivity contribution in [1.82, 2.24) is 44.9 Å². The van der Waals surface area contributed by atoms with Gasteiger partial charge in [0.15, 0.2) is 0 Å². The van der Waals surface area contributed by atoms with Crippen LogP contribution in [0.25, 0.3) is 0 Å². The summed E-state index contributed by atoms with van der Waals surface area (Å²) < 4.78 is 3.27. The van der Waals surface area contributed by atoms with Gasteiger partial charge in [-0.05, 0) is 0 Å². The lowest BCUT2D eigenvalue weighted by molar-refractivity contribution is 0.713. The maximum Gasteiger partial charge on any atom is 0.229 e. The predicted molar refractivity (Wildman–Crippen MR) is 86.0 cm³/mol. The van der Waals surface area contributed by atoms with E-state index in [2.05, 4.69) is 51.5 Å². The fourth-order valence-electron chi connectivity index (χ4n) is 1.94. The summed E-state index contributed by atoms with van der Waals surface area (Å²) in [7, 11) is 5.37. The lowest BCUT2D eigenvalue weighted by Gasteiger charge is -2.08. The molecule has 0 aliphatic rings. The van der Waals surface area contributed by atoms with Crippen LogP contribution in [0.2, 0.25) is 0 Å². The molecular weight excluding hydrogens is 312 g/mol. The van der Waals surface area contributed by atoms with E-state index in [0.29, 0.717) is 30.9 Å². The Kier molecular flexibility index (Phi) is 4.45. The van der Waals surface area contributed by atoms with Crippen molar-refractivity contribution >= 4 is 17.8 Å². The van der Waals surface area contributed by atoms with Crippen LogP contribution in [0.15, 0.2) is 12.4 Å². The SMILES string of the molecule is CNc1nc(NCc2cn(C)nn2)nc(NCc2cn(C)nn2)n1. The number of rotatable bonds is 7. The molecule has 0 aliphatic heterocycles. The van der Waals surface area contributed by atoms with Crippen molar-refractivity contribution in [3.63, 3.8) is 0 Å². The van der Waals surface area contributed by atoms with Crippen LogP contribution < -0.4 is 16.0 Å². The van der Waals surface area contributed by atoms with Gasteiger partial charge in [0.25, 0.3) is 0 Å². The van der Waals surface area contributed by atoms with E-state index in [-0.39, 0.29) is 0 Å². The van der Waals surface area contributed by atoms with E-state index in [1.54, 1.807) is 16.4 Å².